The number of hydrogen-bond acceptors (Lipinski definition) is 4. The fourth-order valence-electron chi connectivity index (χ4n) is 1.74. The van der Waals surface area contributed by atoms with E-state index in [0.29, 0.717) is 6.42 Å². The molecule has 1 unspecified atom stereocenters. The molecule has 0 aromatic rings. The quantitative estimate of drug-likeness (QED) is 0.695. The van der Waals surface area contributed by atoms with E-state index in [4.69, 9.17) is 16.2 Å². The first kappa shape index (κ1) is 13.2. The van der Waals surface area contributed by atoms with Crippen LogP contribution in [0.5, 0.6) is 0 Å². The Morgan fingerprint density at radius 1 is 1.50 bits per heavy atom. The van der Waals surface area contributed by atoms with E-state index in [1.165, 1.54) is 0 Å². The van der Waals surface area contributed by atoms with Gasteiger partial charge in [0.2, 0.25) is 0 Å². The summed E-state index contributed by atoms with van der Waals surface area (Å²) in [5, 5.41) is 0. The molecular formula is C12H23N3O. The molecule has 1 saturated heterocycles. The number of ether oxygens (including phenoxy) is 1. The van der Waals surface area contributed by atoms with Gasteiger partial charge in [-0.15, -0.1) is 0 Å². The van der Waals surface area contributed by atoms with Gasteiger partial charge in [0.15, 0.2) is 0 Å². The van der Waals surface area contributed by atoms with Gasteiger partial charge in [0.05, 0.1) is 12.8 Å². The van der Waals surface area contributed by atoms with E-state index in [-0.39, 0.29) is 6.17 Å². The van der Waals surface area contributed by atoms with Crippen molar-refractivity contribution >= 4 is 0 Å². The predicted molar refractivity (Wildman–Crippen MR) is 66.7 cm³/mol. The lowest BCUT2D eigenvalue weighted by Gasteiger charge is -2.27. The molecule has 4 nitrogen and oxygen atoms in total. The van der Waals surface area contributed by atoms with Crippen molar-refractivity contribution in [3.05, 3.63) is 23.9 Å². The summed E-state index contributed by atoms with van der Waals surface area (Å²) in [7, 11) is 0. The Morgan fingerprint density at radius 2 is 2.25 bits per heavy atom. The third-order valence-electron chi connectivity index (χ3n) is 2.97. The first-order valence-corrected chi connectivity index (χ1v) is 5.80. The number of hydrogen-bond donors (Lipinski definition) is 2. The van der Waals surface area contributed by atoms with E-state index in [2.05, 4.69) is 11.5 Å². The largest absolute Gasteiger partial charge is 0.402 e. The standard InChI is InChI=1S/C12H23N3O/c1-3-10(2)11(13)9-12(14)15-5-4-7-16-8-6-15/h3,12H,1,4-9,13-14H2,2H3/b11-10+. The molecule has 1 heterocycles. The molecule has 1 atom stereocenters. The Labute approximate surface area is 97.9 Å². The van der Waals surface area contributed by atoms with E-state index in [1.807, 2.05) is 6.92 Å². The predicted octanol–water partition coefficient (Wildman–Crippen LogP) is 0.802. The van der Waals surface area contributed by atoms with E-state index in [9.17, 15) is 0 Å². The lowest BCUT2D eigenvalue weighted by Crippen LogP contribution is -2.44. The molecule has 4 heteroatoms. The van der Waals surface area contributed by atoms with Crippen LogP contribution in [0.15, 0.2) is 23.9 Å². The Bertz CT molecular complexity index is 255. The highest BCUT2D eigenvalue weighted by molar-refractivity contribution is 5.20. The van der Waals surface area contributed by atoms with Crippen LogP contribution in [0.2, 0.25) is 0 Å². The van der Waals surface area contributed by atoms with Gasteiger partial charge in [0.25, 0.3) is 0 Å². The fourth-order valence-corrected chi connectivity index (χ4v) is 1.74. The van der Waals surface area contributed by atoms with Crippen LogP contribution < -0.4 is 11.5 Å². The third kappa shape index (κ3) is 3.96. The summed E-state index contributed by atoms with van der Waals surface area (Å²) in [6, 6.07) is 0. The Morgan fingerprint density at radius 3 is 2.94 bits per heavy atom. The summed E-state index contributed by atoms with van der Waals surface area (Å²) in [6.45, 7) is 9.14. The van der Waals surface area contributed by atoms with Crippen molar-refractivity contribution in [1.29, 1.82) is 0 Å². The molecule has 0 aromatic carbocycles. The number of allylic oxidation sites excluding steroid dienone is 2. The molecule has 4 N–H and O–H groups in total. The first-order valence-electron chi connectivity index (χ1n) is 5.80. The van der Waals surface area contributed by atoms with Crippen molar-refractivity contribution in [2.75, 3.05) is 26.3 Å². The molecule has 0 spiro atoms. The molecule has 1 aliphatic heterocycles. The lowest BCUT2D eigenvalue weighted by molar-refractivity contribution is 0.132. The van der Waals surface area contributed by atoms with Gasteiger partial charge in [-0.3, -0.25) is 4.90 Å². The first-order chi connectivity index (χ1) is 7.65. The molecule has 16 heavy (non-hydrogen) atoms. The molecule has 0 saturated carbocycles. The maximum absolute atomic E-state index is 6.13. The lowest BCUT2D eigenvalue weighted by atomic mass is 10.1. The van der Waals surface area contributed by atoms with Gasteiger partial charge < -0.3 is 16.2 Å². The van der Waals surface area contributed by atoms with Gasteiger partial charge >= 0.3 is 0 Å². The second-order valence-electron chi connectivity index (χ2n) is 4.19. The van der Waals surface area contributed by atoms with E-state index in [0.717, 1.165) is 44.0 Å². The zero-order chi connectivity index (χ0) is 12.0. The van der Waals surface area contributed by atoms with Crippen LogP contribution in [0.25, 0.3) is 0 Å². The van der Waals surface area contributed by atoms with Crippen LogP contribution >= 0.6 is 0 Å². The molecule has 0 aliphatic carbocycles. The highest BCUT2D eigenvalue weighted by Crippen LogP contribution is 2.10. The minimum Gasteiger partial charge on any atom is -0.402 e. The Balaban J connectivity index is 2.50. The zero-order valence-electron chi connectivity index (χ0n) is 10.1. The Kier molecular flexibility index (Phi) is 5.52. The minimum absolute atomic E-state index is 0.0170. The second-order valence-corrected chi connectivity index (χ2v) is 4.19. The molecule has 1 rings (SSSR count). The van der Waals surface area contributed by atoms with Crippen LogP contribution in [-0.4, -0.2) is 37.4 Å². The molecular weight excluding hydrogens is 202 g/mol. The van der Waals surface area contributed by atoms with Gasteiger partial charge in [-0.2, -0.15) is 0 Å². The molecule has 0 radical (unpaired) electrons. The topological polar surface area (TPSA) is 64.5 Å². The summed E-state index contributed by atoms with van der Waals surface area (Å²) >= 11 is 0. The highest BCUT2D eigenvalue weighted by atomic mass is 16.5. The van der Waals surface area contributed by atoms with E-state index in [1.54, 1.807) is 6.08 Å². The summed E-state index contributed by atoms with van der Waals surface area (Å²) in [4.78, 5) is 2.23. The number of nitrogens with zero attached hydrogens (tertiary/aromatic N) is 1. The summed E-state index contributed by atoms with van der Waals surface area (Å²) in [5.74, 6) is 0. The maximum Gasteiger partial charge on any atom is 0.0628 e. The van der Waals surface area contributed by atoms with Gasteiger partial charge in [0, 0.05) is 31.8 Å². The van der Waals surface area contributed by atoms with Gasteiger partial charge in [0.1, 0.15) is 0 Å². The SMILES string of the molecule is C=C/C(C)=C(/N)CC(N)N1CCCOCC1. The van der Waals surface area contributed by atoms with E-state index < -0.39 is 0 Å². The Hall–Kier alpha value is -0.840. The molecule has 92 valence electrons. The summed E-state index contributed by atoms with van der Waals surface area (Å²) in [6.07, 6.45) is 3.49. The second kappa shape index (κ2) is 6.68. The number of rotatable bonds is 4. The van der Waals surface area contributed by atoms with Crippen molar-refractivity contribution < 1.29 is 4.74 Å². The highest BCUT2D eigenvalue weighted by Gasteiger charge is 2.17. The van der Waals surface area contributed by atoms with Crippen molar-refractivity contribution in [2.45, 2.75) is 25.9 Å². The number of nitrogens with two attached hydrogens (primary N) is 2. The van der Waals surface area contributed by atoms with Crippen molar-refractivity contribution in [3.63, 3.8) is 0 Å². The molecule has 1 aliphatic rings. The molecule has 1 fully saturated rings. The smallest absolute Gasteiger partial charge is 0.0628 e. The minimum atomic E-state index is -0.0170. The van der Waals surface area contributed by atoms with Gasteiger partial charge in [-0.25, -0.2) is 0 Å². The molecule has 0 amide bonds. The van der Waals surface area contributed by atoms with Crippen LogP contribution in [0, 0.1) is 0 Å². The van der Waals surface area contributed by atoms with Crippen LogP contribution in [0.3, 0.4) is 0 Å². The van der Waals surface area contributed by atoms with Gasteiger partial charge in [-0.1, -0.05) is 12.7 Å². The normalized spacial score (nSPS) is 22.1. The zero-order valence-corrected chi connectivity index (χ0v) is 10.1. The van der Waals surface area contributed by atoms with Gasteiger partial charge in [-0.05, 0) is 18.9 Å². The van der Waals surface area contributed by atoms with E-state index >= 15 is 0 Å². The maximum atomic E-state index is 6.13. The monoisotopic (exact) mass is 225 g/mol. The average Bonchev–Trinajstić information content (AvgIpc) is 2.56. The van der Waals surface area contributed by atoms with Crippen LogP contribution in [-0.2, 0) is 4.74 Å². The fraction of sp³-hybridized carbons (Fsp3) is 0.667. The van der Waals surface area contributed by atoms with Crippen LogP contribution in [0.1, 0.15) is 19.8 Å². The molecule has 0 bridgehead atoms. The molecule has 0 aromatic heterocycles. The van der Waals surface area contributed by atoms with Crippen molar-refractivity contribution in [2.24, 2.45) is 11.5 Å². The summed E-state index contributed by atoms with van der Waals surface area (Å²) < 4.78 is 5.39. The average molecular weight is 225 g/mol. The van der Waals surface area contributed by atoms with Crippen molar-refractivity contribution in [1.82, 2.24) is 4.90 Å². The summed E-state index contributed by atoms with van der Waals surface area (Å²) in [5.41, 5.74) is 13.9. The van der Waals surface area contributed by atoms with Crippen molar-refractivity contribution in [3.8, 4) is 0 Å². The third-order valence-corrected chi connectivity index (χ3v) is 2.97. The van der Waals surface area contributed by atoms with Crippen LogP contribution in [0.4, 0.5) is 0 Å².